The Morgan fingerprint density at radius 1 is 1.08 bits per heavy atom. The van der Waals surface area contributed by atoms with E-state index in [1.54, 1.807) is 47.3 Å². The number of fused-ring (bicyclic) bond motifs is 1. The van der Waals surface area contributed by atoms with Crippen LogP contribution in [0.5, 0.6) is 0 Å². The molecule has 4 aromatic heterocycles. The van der Waals surface area contributed by atoms with Gasteiger partial charge in [0.25, 0.3) is 5.56 Å². The minimum atomic E-state index is -0.338. The molecule has 0 saturated carbocycles. The van der Waals surface area contributed by atoms with Crippen LogP contribution in [0, 0.1) is 0 Å². The summed E-state index contributed by atoms with van der Waals surface area (Å²) in [6, 6.07) is 9.84. The lowest BCUT2D eigenvalue weighted by Gasteiger charge is -2.14. The number of aromatic amines is 1. The molecule has 5 heterocycles. The second-order valence-electron chi connectivity index (χ2n) is 8.22. The molecule has 6 rings (SSSR count). The van der Waals surface area contributed by atoms with Crippen molar-refractivity contribution in [1.29, 1.82) is 0 Å². The largest absolute Gasteiger partial charge is 0.384 e. The third-order valence-electron chi connectivity index (χ3n) is 5.98. The van der Waals surface area contributed by atoms with Crippen molar-refractivity contribution < 1.29 is 0 Å². The van der Waals surface area contributed by atoms with Crippen LogP contribution in [0.1, 0.15) is 24.1 Å². The Morgan fingerprint density at radius 3 is 2.69 bits per heavy atom. The highest BCUT2D eigenvalue weighted by atomic mass is 35.5. The molecule has 0 radical (unpaired) electrons. The number of anilines is 1. The molecule has 5 aromatic rings. The van der Waals surface area contributed by atoms with Gasteiger partial charge in [-0.05, 0) is 36.8 Å². The monoisotopic (exact) mass is 539 g/mol. The number of halogens is 3. The molecule has 0 bridgehead atoms. The first-order chi connectivity index (χ1) is 17.4. The number of H-pyrrole nitrogens is 1. The molecule has 36 heavy (non-hydrogen) atoms. The Hall–Kier alpha value is -3.73. The maximum absolute atomic E-state index is 13.4. The van der Waals surface area contributed by atoms with Crippen molar-refractivity contribution in [2.45, 2.75) is 18.9 Å². The first-order valence-electron chi connectivity index (χ1n) is 10.9. The van der Waals surface area contributed by atoms with E-state index in [4.69, 9.17) is 45.5 Å². The molecule has 3 N–H and O–H groups in total. The van der Waals surface area contributed by atoms with Gasteiger partial charge in [-0.1, -0.05) is 40.0 Å². The highest BCUT2D eigenvalue weighted by Crippen LogP contribution is 2.34. The molecule has 10 nitrogen and oxygen atoms in total. The van der Waals surface area contributed by atoms with Gasteiger partial charge in [-0.2, -0.15) is 0 Å². The van der Waals surface area contributed by atoms with E-state index in [0.717, 1.165) is 5.56 Å². The van der Waals surface area contributed by atoms with Crippen LogP contribution in [0.4, 0.5) is 5.82 Å². The van der Waals surface area contributed by atoms with Crippen molar-refractivity contribution in [1.82, 2.24) is 39.5 Å². The minimum Gasteiger partial charge on any atom is -0.384 e. The Kier molecular flexibility index (Phi) is 5.51. The topological polar surface area (TPSA) is 133 Å². The maximum atomic E-state index is 13.4. The zero-order chi connectivity index (χ0) is 25.0. The molecule has 13 heteroatoms. The van der Waals surface area contributed by atoms with Crippen molar-refractivity contribution in [3.8, 4) is 28.2 Å². The number of benzene rings is 1. The van der Waals surface area contributed by atoms with Gasteiger partial charge in [0.15, 0.2) is 5.15 Å². The summed E-state index contributed by atoms with van der Waals surface area (Å²) in [5, 5.41) is 8.96. The maximum Gasteiger partial charge on any atom is 0.254 e. The molecule has 0 fully saturated rings. The number of nitrogen functional groups attached to an aromatic ring is 1. The number of rotatable bonds is 4. The molecule has 0 saturated heterocycles. The molecule has 1 aromatic carbocycles. The molecule has 1 atom stereocenters. The highest BCUT2D eigenvalue weighted by Gasteiger charge is 2.30. The number of hydrogen-bond acceptors (Lipinski definition) is 7. The van der Waals surface area contributed by atoms with E-state index in [1.165, 1.54) is 10.7 Å². The number of hydrogen-bond donors (Lipinski definition) is 2. The zero-order valence-electron chi connectivity index (χ0n) is 18.4. The van der Waals surface area contributed by atoms with Gasteiger partial charge in [0.05, 0.1) is 23.6 Å². The van der Waals surface area contributed by atoms with Gasteiger partial charge in [-0.3, -0.25) is 9.36 Å². The van der Waals surface area contributed by atoms with E-state index < -0.39 is 0 Å². The van der Waals surface area contributed by atoms with Crippen LogP contribution < -0.4 is 11.3 Å². The summed E-state index contributed by atoms with van der Waals surface area (Å²) in [4.78, 5) is 30.1. The lowest BCUT2D eigenvalue weighted by Crippen LogP contribution is -2.25. The number of nitrogens with zero attached hydrogens (tertiary/aromatic N) is 7. The van der Waals surface area contributed by atoms with Crippen LogP contribution in [0.15, 0.2) is 53.6 Å². The van der Waals surface area contributed by atoms with E-state index in [1.807, 2.05) is 0 Å². The molecule has 1 aliphatic rings. The molecule has 0 unspecified atom stereocenters. The molecule has 0 spiro atoms. The fourth-order valence-corrected chi connectivity index (χ4v) is 4.93. The summed E-state index contributed by atoms with van der Waals surface area (Å²) >= 11 is 18.7. The van der Waals surface area contributed by atoms with E-state index in [-0.39, 0.29) is 16.8 Å². The summed E-state index contributed by atoms with van der Waals surface area (Å²) in [7, 11) is 0. The quantitative estimate of drug-likeness (QED) is 0.346. The molecular weight excluding hydrogens is 525 g/mol. The van der Waals surface area contributed by atoms with E-state index in [2.05, 4.69) is 25.3 Å². The van der Waals surface area contributed by atoms with Crippen molar-refractivity contribution in [3.05, 3.63) is 86.1 Å². The average Bonchev–Trinajstić information content (AvgIpc) is 3.58. The van der Waals surface area contributed by atoms with Gasteiger partial charge in [-0.15, -0.1) is 5.10 Å². The van der Waals surface area contributed by atoms with Crippen molar-refractivity contribution in [3.63, 3.8) is 0 Å². The number of nitrogens with one attached hydrogen (secondary N) is 1. The summed E-state index contributed by atoms with van der Waals surface area (Å²) in [5.41, 5.74) is 8.48. The molecule has 0 aliphatic carbocycles. The Labute approximate surface area is 218 Å². The highest BCUT2D eigenvalue weighted by molar-refractivity contribution is 6.32. The van der Waals surface area contributed by atoms with Crippen LogP contribution in [0.25, 0.3) is 28.2 Å². The number of pyridine rings is 1. The van der Waals surface area contributed by atoms with E-state index in [0.29, 0.717) is 63.1 Å². The standard InChI is InChI=1S/C23H16Cl3N9O/c24-12-2-3-15(34-10-17(25)32-33-34)13(7-12)14-8-20(36)35-16(4-6-19(35)29-14)23-30-21(22(26)31-23)11-1-5-18(27)28-9-11/h1-3,5,7-10,16H,4,6H2,(H2,27,28)(H,30,31)/t16-/m0/s1. The minimum absolute atomic E-state index is 0.219. The lowest BCUT2D eigenvalue weighted by molar-refractivity contribution is 0.568. The SMILES string of the molecule is Nc1ccc(-c2nc([C@@H]3CCc4nc(-c5cc(Cl)ccc5-n5cc(Cl)nn5)cc(=O)n43)[nH]c2Cl)cn1. The molecular formula is C23H16Cl3N9O. The summed E-state index contributed by atoms with van der Waals surface area (Å²) < 4.78 is 3.15. The second kappa shape index (κ2) is 8.74. The number of nitrogens with two attached hydrogens (primary N) is 1. The van der Waals surface area contributed by atoms with Gasteiger partial charge in [-0.25, -0.2) is 19.6 Å². The first-order valence-corrected chi connectivity index (χ1v) is 12.0. The smallest absolute Gasteiger partial charge is 0.254 e. The van der Waals surface area contributed by atoms with Crippen LogP contribution in [0.3, 0.4) is 0 Å². The Morgan fingerprint density at radius 2 is 1.94 bits per heavy atom. The number of aryl methyl sites for hydroxylation is 1. The van der Waals surface area contributed by atoms with Crippen LogP contribution >= 0.6 is 34.8 Å². The van der Waals surface area contributed by atoms with Gasteiger partial charge >= 0.3 is 0 Å². The Balaban J connectivity index is 1.40. The Bertz CT molecular complexity index is 1670. The summed E-state index contributed by atoms with van der Waals surface area (Å²) in [5.74, 6) is 1.61. The predicted octanol–water partition coefficient (Wildman–Crippen LogP) is 4.35. The molecule has 1 aliphatic heterocycles. The van der Waals surface area contributed by atoms with Crippen LogP contribution in [-0.4, -0.2) is 39.5 Å². The zero-order valence-corrected chi connectivity index (χ0v) is 20.6. The van der Waals surface area contributed by atoms with Gasteiger partial charge in [0.2, 0.25) is 0 Å². The van der Waals surface area contributed by atoms with Crippen molar-refractivity contribution in [2.75, 3.05) is 5.73 Å². The average molecular weight is 541 g/mol. The summed E-state index contributed by atoms with van der Waals surface area (Å²) in [6.45, 7) is 0. The predicted molar refractivity (Wildman–Crippen MR) is 137 cm³/mol. The molecule has 0 amide bonds. The fourth-order valence-electron chi connectivity index (χ4n) is 4.38. The fraction of sp³-hybridized carbons (Fsp3) is 0.130. The molecule has 180 valence electrons. The van der Waals surface area contributed by atoms with Gasteiger partial charge < -0.3 is 10.7 Å². The van der Waals surface area contributed by atoms with Crippen LogP contribution in [0.2, 0.25) is 15.3 Å². The number of imidazole rings is 1. The van der Waals surface area contributed by atoms with Crippen molar-refractivity contribution >= 4 is 40.6 Å². The third kappa shape index (κ3) is 3.93. The lowest BCUT2D eigenvalue weighted by atomic mass is 10.1. The summed E-state index contributed by atoms with van der Waals surface area (Å²) in [6.07, 6.45) is 4.39. The third-order valence-corrected chi connectivity index (χ3v) is 6.66. The van der Waals surface area contributed by atoms with Crippen LogP contribution in [-0.2, 0) is 6.42 Å². The first kappa shape index (κ1) is 22.7. The van der Waals surface area contributed by atoms with E-state index >= 15 is 0 Å². The van der Waals surface area contributed by atoms with Gasteiger partial charge in [0.1, 0.15) is 28.3 Å². The second-order valence-corrected chi connectivity index (χ2v) is 9.43. The number of aromatic nitrogens is 8. The van der Waals surface area contributed by atoms with E-state index in [9.17, 15) is 4.79 Å². The normalized spacial score (nSPS) is 14.8. The van der Waals surface area contributed by atoms with Gasteiger partial charge in [0, 0.05) is 34.8 Å². The van der Waals surface area contributed by atoms with Crippen molar-refractivity contribution in [2.24, 2.45) is 0 Å².